The Bertz CT molecular complexity index is 967. The Morgan fingerprint density at radius 2 is 2.15 bits per heavy atom. The number of aromatic amines is 1. The second-order valence-electron chi connectivity index (χ2n) is 6.23. The first kappa shape index (κ1) is 19.2. The molecule has 3 aromatic rings. The van der Waals surface area contributed by atoms with E-state index in [1.807, 2.05) is 0 Å². The molecule has 0 aliphatic carbocycles. The standard InChI is InChI=1S/C19H21FN4O2S/c1-10-3-4-12(7-13(10)20)14-5-6-15(23-14)18(26)24-16(8-21)19-22-11(2)17(9-25)27-19/h3-7,16,23,25H,8-9,21H2,1-2H3,(H,24,26)/t16-/m0/s1. The normalized spacial score (nSPS) is 12.2. The Hall–Kier alpha value is -2.55. The SMILES string of the molecule is Cc1ccc(-c2ccc(C(=O)N[C@@H](CN)c3nc(C)c(CO)s3)[nH]2)cc1F. The molecule has 1 aromatic carbocycles. The zero-order valence-electron chi connectivity index (χ0n) is 15.0. The molecule has 0 aliphatic heterocycles. The van der Waals surface area contributed by atoms with E-state index in [4.69, 9.17) is 5.73 Å². The Kier molecular flexibility index (Phi) is 5.69. The Morgan fingerprint density at radius 3 is 2.78 bits per heavy atom. The number of nitrogens with one attached hydrogen (secondary N) is 2. The highest BCUT2D eigenvalue weighted by Crippen LogP contribution is 2.24. The highest BCUT2D eigenvalue weighted by Gasteiger charge is 2.20. The lowest BCUT2D eigenvalue weighted by Gasteiger charge is -2.13. The smallest absolute Gasteiger partial charge is 0.268 e. The second-order valence-corrected chi connectivity index (χ2v) is 7.35. The molecule has 0 bridgehead atoms. The van der Waals surface area contributed by atoms with Gasteiger partial charge < -0.3 is 21.1 Å². The molecule has 2 heterocycles. The second kappa shape index (κ2) is 7.99. The van der Waals surface area contributed by atoms with E-state index in [1.54, 1.807) is 38.1 Å². The molecule has 3 rings (SSSR count). The predicted octanol–water partition coefficient (Wildman–Crippen LogP) is 2.82. The third kappa shape index (κ3) is 4.08. The third-order valence-electron chi connectivity index (χ3n) is 4.31. The van der Waals surface area contributed by atoms with Gasteiger partial charge in [-0.2, -0.15) is 0 Å². The maximum Gasteiger partial charge on any atom is 0.268 e. The van der Waals surface area contributed by atoms with Crippen molar-refractivity contribution < 1.29 is 14.3 Å². The number of hydrogen-bond donors (Lipinski definition) is 4. The van der Waals surface area contributed by atoms with Crippen LogP contribution in [0.25, 0.3) is 11.3 Å². The highest BCUT2D eigenvalue weighted by molar-refractivity contribution is 7.11. The van der Waals surface area contributed by atoms with E-state index in [0.29, 0.717) is 27.5 Å². The Balaban J connectivity index is 1.77. The van der Waals surface area contributed by atoms with Crippen molar-refractivity contribution in [2.45, 2.75) is 26.5 Å². The van der Waals surface area contributed by atoms with Crippen molar-refractivity contribution in [1.29, 1.82) is 0 Å². The van der Waals surface area contributed by atoms with Gasteiger partial charge in [0, 0.05) is 17.8 Å². The quantitative estimate of drug-likeness (QED) is 0.521. The molecular weight excluding hydrogens is 367 g/mol. The lowest BCUT2D eigenvalue weighted by molar-refractivity contribution is 0.0933. The van der Waals surface area contributed by atoms with Gasteiger partial charge in [0.1, 0.15) is 16.5 Å². The third-order valence-corrected chi connectivity index (χ3v) is 5.56. The molecule has 1 atom stereocenters. The number of aryl methyl sites for hydroxylation is 2. The number of rotatable bonds is 6. The van der Waals surface area contributed by atoms with Crippen molar-refractivity contribution in [2.75, 3.05) is 6.54 Å². The fourth-order valence-corrected chi connectivity index (χ4v) is 3.65. The summed E-state index contributed by atoms with van der Waals surface area (Å²) in [4.78, 5) is 20.7. The van der Waals surface area contributed by atoms with Gasteiger partial charge >= 0.3 is 0 Å². The van der Waals surface area contributed by atoms with Crippen molar-refractivity contribution in [3.63, 3.8) is 0 Å². The van der Waals surface area contributed by atoms with Crippen molar-refractivity contribution in [3.8, 4) is 11.3 Å². The van der Waals surface area contributed by atoms with Gasteiger partial charge in [-0.05, 0) is 37.6 Å². The van der Waals surface area contributed by atoms with Crippen LogP contribution in [0, 0.1) is 19.7 Å². The average Bonchev–Trinajstić information content (AvgIpc) is 3.28. The van der Waals surface area contributed by atoms with Crippen LogP contribution in [0.1, 0.15) is 37.7 Å². The number of H-pyrrole nitrogens is 1. The number of benzene rings is 1. The maximum atomic E-state index is 13.8. The zero-order valence-corrected chi connectivity index (χ0v) is 15.9. The van der Waals surface area contributed by atoms with Gasteiger partial charge in [0.05, 0.1) is 23.2 Å². The molecule has 0 fully saturated rings. The summed E-state index contributed by atoms with van der Waals surface area (Å²) < 4.78 is 13.8. The summed E-state index contributed by atoms with van der Waals surface area (Å²) in [6.45, 7) is 3.59. The van der Waals surface area contributed by atoms with Crippen molar-refractivity contribution in [1.82, 2.24) is 15.3 Å². The molecule has 0 saturated heterocycles. The van der Waals surface area contributed by atoms with Crippen LogP contribution < -0.4 is 11.1 Å². The fourth-order valence-electron chi connectivity index (χ4n) is 2.66. The largest absolute Gasteiger partial charge is 0.391 e. The monoisotopic (exact) mass is 388 g/mol. The summed E-state index contributed by atoms with van der Waals surface area (Å²) in [5, 5.41) is 12.8. The summed E-state index contributed by atoms with van der Waals surface area (Å²) in [5.41, 5.74) is 8.75. The molecule has 142 valence electrons. The fraction of sp³-hybridized carbons (Fsp3) is 0.263. The number of aromatic nitrogens is 2. The van der Waals surface area contributed by atoms with E-state index in [2.05, 4.69) is 15.3 Å². The van der Waals surface area contributed by atoms with Crippen LogP contribution in [-0.2, 0) is 6.61 Å². The van der Waals surface area contributed by atoms with Crippen LogP contribution in [-0.4, -0.2) is 27.5 Å². The van der Waals surface area contributed by atoms with E-state index in [9.17, 15) is 14.3 Å². The van der Waals surface area contributed by atoms with Gasteiger partial charge in [0.2, 0.25) is 0 Å². The molecule has 1 amide bonds. The minimum atomic E-state index is -0.454. The topological polar surface area (TPSA) is 104 Å². The van der Waals surface area contributed by atoms with Crippen molar-refractivity contribution in [2.24, 2.45) is 5.73 Å². The molecule has 27 heavy (non-hydrogen) atoms. The van der Waals surface area contributed by atoms with E-state index < -0.39 is 6.04 Å². The Labute approximate surface area is 160 Å². The van der Waals surface area contributed by atoms with E-state index in [-0.39, 0.29) is 24.9 Å². The van der Waals surface area contributed by atoms with Crippen LogP contribution in [0.2, 0.25) is 0 Å². The number of thiazole rings is 1. The van der Waals surface area contributed by atoms with Gasteiger partial charge in [0.15, 0.2) is 0 Å². The number of aliphatic hydroxyl groups is 1. The molecule has 8 heteroatoms. The van der Waals surface area contributed by atoms with E-state index in [0.717, 1.165) is 10.6 Å². The molecular formula is C19H21FN4O2S. The molecule has 0 radical (unpaired) electrons. The molecule has 2 aromatic heterocycles. The van der Waals surface area contributed by atoms with Crippen LogP contribution in [0.3, 0.4) is 0 Å². The maximum absolute atomic E-state index is 13.8. The first-order chi connectivity index (χ1) is 12.9. The van der Waals surface area contributed by atoms with E-state index in [1.165, 1.54) is 17.4 Å². The number of nitrogens with two attached hydrogens (primary N) is 1. The summed E-state index contributed by atoms with van der Waals surface area (Å²) in [7, 11) is 0. The van der Waals surface area contributed by atoms with Gasteiger partial charge in [-0.1, -0.05) is 12.1 Å². The number of amides is 1. The van der Waals surface area contributed by atoms with Gasteiger partial charge in [-0.25, -0.2) is 9.37 Å². The highest BCUT2D eigenvalue weighted by atomic mass is 32.1. The minimum absolute atomic E-state index is 0.0954. The summed E-state index contributed by atoms with van der Waals surface area (Å²) >= 11 is 1.33. The van der Waals surface area contributed by atoms with Crippen LogP contribution in [0.5, 0.6) is 0 Å². The lowest BCUT2D eigenvalue weighted by Crippen LogP contribution is -2.33. The first-order valence-corrected chi connectivity index (χ1v) is 9.28. The van der Waals surface area contributed by atoms with Gasteiger partial charge in [0.25, 0.3) is 5.91 Å². The van der Waals surface area contributed by atoms with Crippen LogP contribution in [0.15, 0.2) is 30.3 Å². The van der Waals surface area contributed by atoms with Crippen molar-refractivity contribution in [3.05, 3.63) is 63.0 Å². The number of carbonyl (C=O) groups excluding carboxylic acids is 1. The minimum Gasteiger partial charge on any atom is -0.391 e. The number of hydrogen-bond acceptors (Lipinski definition) is 5. The van der Waals surface area contributed by atoms with Crippen LogP contribution in [0.4, 0.5) is 4.39 Å². The summed E-state index contributed by atoms with van der Waals surface area (Å²) in [6.07, 6.45) is 0. The van der Waals surface area contributed by atoms with Crippen molar-refractivity contribution >= 4 is 17.2 Å². The molecule has 0 unspecified atom stereocenters. The number of halogens is 1. The molecule has 0 aliphatic rings. The molecule has 6 nitrogen and oxygen atoms in total. The van der Waals surface area contributed by atoms with Gasteiger partial charge in [-0.3, -0.25) is 4.79 Å². The molecule has 5 N–H and O–H groups in total. The number of aliphatic hydroxyl groups excluding tert-OH is 1. The van der Waals surface area contributed by atoms with E-state index >= 15 is 0 Å². The number of nitrogens with zero attached hydrogens (tertiary/aromatic N) is 1. The summed E-state index contributed by atoms with van der Waals surface area (Å²) in [5.74, 6) is -0.627. The predicted molar refractivity (Wildman–Crippen MR) is 103 cm³/mol. The average molecular weight is 388 g/mol. The lowest BCUT2D eigenvalue weighted by atomic mass is 10.1. The molecule has 0 saturated carbocycles. The molecule has 0 spiro atoms. The Morgan fingerprint density at radius 1 is 1.37 bits per heavy atom. The first-order valence-electron chi connectivity index (χ1n) is 8.46. The zero-order chi connectivity index (χ0) is 19.6. The van der Waals surface area contributed by atoms with Crippen LogP contribution >= 0.6 is 11.3 Å². The summed E-state index contributed by atoms with van der Waals surface area (Å²) in [6, 6.07) is 7.84. The van der Waals surface area contributed by atoms with Gasteiger partial charge in [-0.15, -0.1) is 11.3 Å². The number of carbonyl (C=O) groups is 1.